The van der Waals surface area contributed by atoms with Gasteiger partial charge in [0, 0.05) is 30.9 Å². The highest BCUT2D eigenvalue weighted by Gasteiger charge is 2.30. The number of hydrogen-bond donors (Lipinski definition) is 1. The van der Waals surface area contributed by atoms with Crippen molar-refractivity contribution in [3.8, 4) is 5.69 Å². The Morgan fingerprint density at radius 3 is 2.50 bits per heavy atom. The molecule has 2 aromatic rings. The highest BCUT2D eigenvalue weighted by molar-refractivity contribution is 7.92. The van der Waals surface area contributed by atoms with E-state index >= 15 is 0 Å². The van der Waals surface area contributed by atoms with Gasteiger partial charge in [-0.15, -0.1) is 0 Å². The van der Waals surface area contributed by atoms with Gasteiger partial charge < -0.3 is 5.32 Å². The van der Waals surface area contributed by atoms with Crippen LogP contribution in [0.2, 0.25) is 0 Å². The molecule has 0 atom stereocenters. The summed E-state index contributed by atoms with van der Waals surface area (Å²) in [5.74, 6) is 0.632. The largest absolute Gasteiger partial charge is 0.354 e. The molecule has 1 aromatic heterocycles. The van der Waals surface area contributed by atoms with Crippen LogP contribution in [0.15, 0.2) is 42.7 Å². The van der Waals surface area contributed by atoms with Gasteiger partial charge in [-0.3, -0.25) is 4.57 Å². The summed E-state index contributed by atoms with van der Waals surface area (Å²) in [6, 6.07) is 9.77. The fraction of sp³-hybridized carbons (Fsp3) is 0.357. The Hall–Kier alpha value is -1.82. The second kappa shape index (κ2) is 5.28. The lowest BCUT2D eigenvalue weighted by Gasteiger charge is -2.23. The number of benzene rings is 1. The second-order valence-electron chi connectivity index (χ2n) is 5.34. The number of anilines is 1. The van der Waals surface area contributed by atoms with E-state index in [4.69, 9.17) is 0 Å². The van der Waals surface area contributed by atoms with E-state index in [1.54, 1.807) is 20.0 Å². The number of nitrogens with one attached hydrogen (secondary N) is 1. The van der Waals surface area contributed by atoms with E-state index in [-0.39, 0.29) is 0 Å². The molecule has 0 aliphatic carbocycles. The van der Waals surface area contributed by atoms with E-state index in [1.165, 1.54) is 6.26 Å². The summed E-state index contributed by atoms with van der Waals surface area (Å²) in [5, 5.41) is 3.11. The maximum Gasteiger partial charge on any atom is 0.207 e. The molecule has 0 unspecified atom stereocenters. The number of hydrogen-bond acceptors (Lipinski definition) is 4. The molecule has 0 radical (unpaired) electrons. The fourth-order valence-corrected chi connectivity index (χ4v) is 1.99. The van der Waals surface area contributed by atoms with Gasteiger partial charge in [0.25, 0.3) is 0 Å². The molecule has 0 aliphatic rings. The highest BCUT2D eigenvalue weighted by Crippen LogP contribution is 2.18. The normalized spacial score (nSPS) is 12.3. The third-order valence-electron chi connectivity index (χ3n) is 3.35. The van der Waals surface area contributed by atoms with E-state index in [0.717, 1.165) is 5.69 Å². The molecule has 0 spiro atoms. The maximum absolute atomic E-state index is 11.7. The molecule has 108 valence electrons. The van der Waals surface area contributed by atoms with Crippen molar-refractivity contribution in [3.05, 3.63) is 42.7 Å². The predicted molar refractivity (Wildman–Crippen MR) is 81.0 cm³/mol. The quantitative estimate of drug-likeness (QED) is 0.917. The average molecular weight is 293 g/mol. The van der Waals surface area contributed by atoms with Crippen LogP contribution in [0.1, 0.15) is 13.8 Å². The molecule has 0 saturated heterocycles. The molecule has 0 saturated carbocycles. The van der Waals surface area contributed by atoms with Crippen LogP contribution < -0.4 is 5.32 Å². The van der Waals surface area contributed by atoms with Gasteiger partial charge in [0.2, 0.25) is 5.95 Å². The van der Waals surface area contributed by atoms with Crippen LogP contribution in [0.4, 0.5) is 5.95 Å². The summed E-state index contributed by atoms with van der Waals surface area (Å²) in [6.45, 7) is 3.70. The van der Waals surface area contributed by atoms with Gasteiger partial charge >= 0.3 is 0 Å². The minimum Gasteiger partial charge on any atom is -0.354 e. The van der Waals surface area contributed by atoms with Crippen LogP contribution in [0.5, 0.6) is 0 Å². The number of imidazole rings is 1. The van der Waals surface area contributed by atoms with Crippen LogP contribution in [-0.4, -0.2) is 35.5 Å². The molecule has 0 amide bonds. The van der Waals surface area contributed by atoms with Crippen LogP contribution in [0, 0.1) is 0 Å². The van der Waals surface area contributed by atoms with Gasteiger partial charge in [-0.2, -0.15) is 0 Å². The van der Waals surface area contributed by atoms with Gasteiger partial charge in [-0.05, 0) is 26.0 Å². The number of nitrogens with zero attached hydrogens (tertiary/aromatic N) is 2. The van der Waals surface area contributed by atoms with Gasteiger partial charge in [-0.25, -0.2) is 13.4 Å². The molecule has 5 nitrogen and oxygen atoms in total. The smallest absolute Gasteiger partial charge is 0.207 e. The van der Waals surface area contributed by atoms with E-state index in [1.807, 2.05) is 41.1 Å². The highest BCUT2D eigenvalue weighted by atomic mass is 32.2. The summed E-state index contributed by atoms with van der Waals surface area (Å²) >= 11 is 0. The zero-order valence-electron chi connectivity index (χ0n) is 11.9. The lowest BCUT2D eigenvalue weighted by Crippen LogP contribution is -2.38. The lowest BCUT2D eigenvalue weighted by molar-refractivity contribution is 0.559. The Labute approximate surface area is 119 Å². The van der Waals surface area contributed by atoms with Crippen molar-refractivity contribution >= 4 is 15.8 Å². The van der Waals surface area contributed by atoms with Gasteiger partial charge in [0.1, 0.15) is 0 Å². The van der Waals surface area contributed by atoms with Crippen molar-refractivity contribution in [2.75, 3.05) is 18.1 Å². The SMILES string of the molecule is CC(C)(CNc1nccn1-c1ccccc1)S(C)(=O)=O. The maximum atomic E-state index is 11.7. The number of rotatable bonds is 5. The third-order valence-corrected chi connectivity index (χ3v) is 5.50. The summed E-state index contributed by atoms with van der Waals surface area (Å²) in [5.41, 5.74) is 0.977. The standard InChI is InChI=1S/C14H19N3O2S/c1-14(2,20(3,18)19)11-16-13-15-9-10-17(13)12-7-5-4-6-8-12/h4-10H,11H2,1-3H3,(H,15,16). The molecule has 2 rings (SSSR count). The third kappa shape index (κ3) is 3.01. The first kappa shape index (κ1) is 14.6. The summed E-state index contributed by atoms with van der Waals surface area (Å²) in [4.78, 5) is 4.23. The molecule has 0 bridgehead atoms. The summed E-state index contributed by atoms with van der Waals surface area (Å²) < 4.78 is 24.4. The Morgan fingerprint density at radius 2 is 1.90 bits per heavy atom. The Kier molecular flexibility index (Phi) is 3.85. The first-order valence-corrected chi connectivity index (χ1v) is 8.23. The second-order valence-corrected chi connectivity index (χ2v) is 7.99. The minimum absolute atomic E-state index is 0.301. The van der Waals surface area contributed by atoms with Crippen molar-refractivity contribution < 1.29 is 8.42 Å². The van der Waals surface area contributed by atoms with Crippen molar-refractivity contribution in [2.45, 2.75) is 18.6 Å². The predicted octanol–water partition coefficient (Wildman–Crippen LogP) is 2.11. The van der Waals surface area contributed by atoms with Crippen molar-refractivity contribution in [3.63, 3.8) is 0 Å². The average Bonchev–Trinajstić information content (AvgIpc) is 2.84. The van der Waals surface area contributed by atoms with Crippen LogP contribution in [-0.2, 0) is 9.84 Å². The monoisotopic (exact) mass is 293 g/mol. The van der Waals surface area contributed by atoms with E-state index in [9.17, 15) is 8.42 Å². The first-order valence-electron chi connectivity index (χ1n) is 6.33. The molecule has 0 fully saturated rings. The fourth-order valence-electron chi connectivity index (χ4n) is 1.65. The Morgan fingerprint density at radius 1 is 1.25 bits per heavy atom. The molecular weight excluding hydrogens is 274 g/mol. The van der Waals surface area contributed by atoms with Crippen LogP contribution in [0.25, 0.3) is 5.69 Å². The molecule has 0 aliphatic heterocycles. The van der Waals surface area contributed by atoms with Crippen molar-refractivity contribution in [1.29, 1.82) is 0 Å². The van der Waals surface area contributed by atoms with E-state index in [0.29, 0.717) is 12.5 Å². The van der Waals surface area contributed by atoms with E-state index < -0.39 is 14.6 Å². The van der Waals surface area contributed by atoms with Crippen molar-refractivity contribution in [2.24, 2.45) is 0 Å². The van der Waals surface area contributed by atoms with Crippen LogP contribution in [0.3, 0.4) is 0 Å². The summed E-state index contributed by atoms with van der Waals surface area (Å²) in [7, 11) is -3.13. The number of para-hydroxylation sites is 1. The zero-order valence-corrected chi connectivity index (χ0v) is 12.7. The molecular formula is C14H19N3O2S. The topological polar surface area (TPSA) is 64.0 Å². The Bertz CT molecular complexity index is 675. The van der Waals surface area contributed by atoms with Crippen molar-refractivity contribution in [1.82, 2.24) is 9.55 Å². The Balaban J connectivity index is 2.19. The molecule has 1 aromatic carbocycles. The molecule has 20 heavy (non-hydrogen) atoms. The van der Waals surface area contributed by atoms with Gasteiger partial charge in [-0.1, -0.05) is 18.2 Å². The van der Waals surface area contributed by atoms with Gasteiger partial charge in [0.05, 0.1) is 4.75 Å². The van der Waals surface area contributed by atoms with Gasteiger partial charge in [0.15, 0.2) is 9.84 Å². The molecule has 1 heterocycles. The first-order chi connectivity index (χ1) is 9.31. The van der Waals surface area contributed by atoms with E-state index in [2.05, 4.69) is 10.3 Å². The lowest BCUT2D eigenvalue weighted by atomic mass is 10.2. The molecule has 6 heteroatoms. The zero-order chi connectivity index (χ0) is 14.8. The number of sulfone groups is 1. The van der Waals surface area contributed by atoms with Crippen LogP contribution >= 0.6 is 0 Å². The summed E-state index contributed by atoms with van der Waals surface area (Å²) in [6.07, 6.45) is 4.77. The minimum atomic E-state index is -3.13. The molecule has 1 N–H and O–H groups in total. The number of aromatic nitrogens is 2.